The third-order valence-electron chi connectivity index (χ3n) is 4.02. The van der Waals surface area contributed by atoms with Crippen LogP contribution in [0.3, 0.4) is 0 Å². The number of hydrogen-bond donors (Lipinski definition) is 2. The van der Waals surface area contributed by atoms with Gasteiger partial charge in [-0.05, 0) is 29.8 Å². The van der Waals surface area contributed by atoms with Gasteiger partial charge < -0.3 is 19.9 Å². The molecule has 1 amide bonds. The van der Waals surface area contributed by atoms with E-state index in [4.69, 9.17) is 14.6 Å². The molecule has 30 heavy (non-hydrogen) atoms. The van der Waals surface area contributed by atoms with Crippen molar-refractivity contribution in [2.75, 3.05) is 7.11 Å². The normalized spacial score (nSPS) is 17.3. The number of carbonyl (C=O) groups is 2. The molecule has 1 fully saturated rings. The Morgan fingerprint density at radius 2 is 2.10 bits per heavy atom. The molecule has 2 aromatic carbocycles. The van der Waals surface area contributed by atoms with E-state index in [-0.39, 0.29) is 17.5 Å². The van der Waals surface area contributed by atoms with Gasteiger partial charge in [-0.2, -0.15) is 5.10 Å². The number of nitrogens with zero attached hydrogens (tertiary/aromatic N) is 2. The maximum atomic E-state index is 11.7. The van der Waals surface area contributed by atoms with E-state index in [0.29, 0.717) is 18.1 Å². The number of hydrogen-bond acceptors (Lipinski definition) is 7. The van der Waals surface area contributed by atoms with Crippen LogP contribution in [0, 0.1) is 0 Å². The number of halogens is 1. The Balaban J connectivity index is 1.64. The second-order valence-electron chi connectivity index (χ2n) is 6.13. The first-order valence-corrected chi connectivity index (χ1v) is 10.5. The number of carboxylic acids is 1. The van der Waals surface area contributed by atoms with Gasteiger partial charge in [0, 0.05) is 10.0 Å². The first-order chi connectivity index (χ1) is 14.5. The van der Waals surface area contributed by atoms with Crippen molar-refractivity contribution < 1.29 is 24.2 Å². The second-order valence-corrected chi connectivity index (χ2v) is 8.18. The summed E-state index contributed by atoms with van der Waals surface area (Å²) in [5.41, 5.74) is 1.74. The van der Waals surface area contributed by atoms with Crippen molar-refractivity contribution in [2.24, 2.45) is 10.2 Å². The van der Waals surface area contributed by atoms with Crippen LogP contribution >= 0.6 is 27.7 Å². The van der Waals surface area contributed by atoms with Gasteiger partial charge in [-0.1, -0.05) is 45.9 Å². The van der Waals surface area contributed by atoms with Crippen molar-refractivity contribution in [3.63, 3.8) is 0 Å². The fourth-order valence-electron chi connectivity index (χ4n) is 2.55. The lowest BCUT2D eigenvalue weighted by Gasteiger charge is -2.12. The minimum atomic E-state index is -1.04. The standard InChI is InChI=1S/C20H18BrN3O5S/c1-28-16-8-12(6-7-15(16)29-11-13-4-2-3-5-14(13)21)10-22-24-20-23-19(27)17(30-20)9-18(25)26/h2-8,10,17H,9,11H2,1H3,(H,25,26)(H,23,24,27). The van der Waals surface area contributed by atoms with Crippen LogP contribution < -0.4 is 14.8 Å². The van der Waals surface area contributed by atoms with Crippen molar-refractivity contribution in [2.45, 2.75) is 18.3 Å². The number of rotatable bonds is 8. The topological polar surface area (TPSA) is 110 Å². The average molecular weight is 492 g/mol. The van der Waals surface area contributed by atoms with Gasteiger partial charge in [0.2, 0.25) is 5.91 Å². The Morgan fingerprint density at radius 1 is 1.30 bits per heavy atom. The van der Waals surface area contributed by atoms with Crippen LogP contribution in [0.4, 0.5) is 0 Å². The lowest BCUT2D eigenvalue weighted by molar-refractivity contribution is -0.138. The molecule has 1 heterocycles. The van der Waals surface area contributed by atoms with Crippen molar-refractivity contribution in [1.82, 2.24) is 5.32 Å². The molecule has 10 heteroatoms. The Hall–Kier alpha value is -2.85. The van der Waals surface area contributed by atoms with Crippen LogP contribution in [0.25, 0.3) is 0 Å². The summed E-state index contributed by atoms with van der Waals surface area (Å²) in [4.78, 5) is 22.4. The number of thioether (sulfide) groups is 1. The highest BCUT2D eigenvalue weighted by Crippen LogP contribution is 2.29. The van der Waals surface area contributed by atoms with Gasteiger partial charge in [0.05, 0.1) is 19.7 Å². The zero-order chi connectivity index (χ0) is 21.5. The highest BCUT2D eigenvalue weighted by Gasteiger charge is 2.32. The number of carboxylic acid groups (broad SMARTS) is 1. The largest absolute Gasteiger partial charge is 0.493 e. The lowest BCUT2D eigenvalue weighted by atomic mass is 10.2. The molecule has 2 aromatic rings. The molecule has 0 bridgehead atoms. The average Bonchev–Trinajstić information content (AvgIpc) is 3.06. The first kappa shape index (κ1) is 21.8. The monoisotopic (exact) mass is 491 g/mol. The summed E-state index contributed by atoms with van der Waals surface area (Å²) in [5, 5.41) is 18.8. The predicted molar refractivity (Wildman–Crippen MR) is 118 cm³/mol. The number of amidine groups is 1. The molecule has 1 aliphatic rings. The van der Waals surface area contributed by atoms with E-state index >= 15 is 0 Å². The van der Waals surface area contributed by atoms with E-state index in [1.165, 1.54) is 6.21 Å². The third-order valence-corrected chi connectivity index (χ3v) is 5.87. The van der Waals surface area contributed by atoms with Crippen LogP contribution in [0.2, 0.25) is 0 Å². The smallest absolute Gasteiger partial charge is 0.305 e. The maximum absolute atomic E-state index is 11.7. The summed E-state index contributed by atoms with van der Waals surface area (Å²) >= 11 is 4.54. The molecule has 1 atom stereocenters. The number of amides is 1. The summed E-state index contributed by atoms with van der Waals surface area (Å²) in [5.74, 6) is -0.290. The van der Waals surface area contributed by atoms with Crippen LogP contribution in [0.5, 0.6) is 11.5 Å². The molecule has 1 saturated heterocycles. The Kier molecular flexibility index (Phi) is 7.47. The van der Waals surface area contributed by atoms with E-state index in [0.717, 1.165) is 27.4 Å². The maximum Gasteiger partial charge on any atom is 0.305 e. The molecule has 0 spiro atoms. The third kappa shape index (κ3) is 5.83. The van der Waals surface area contributed by atoms with E-state index in [1.54, 1.807) is 25.3 Å². The zero-order valence-corrected chi connectivity index (χ0v) is 18.3. The predicted octanol–water partition coefficient (Wildman–Crippen LogP) is 3.43. The second kappa shape index (κ2) is 10.3. The summed E-state index contributed by atoms with van der Waals surface area (Å²) in [6.45, 7) is 0.382. The Labute approximate surface area is 185 Å². The summed E-state index contributed by atoms with van der Waals surface area (Å²) in [7, 11) is 1.55. The Morgan fingerprint density at radius 3 is 2.83 bits per heavy atom. The van der Waals surface area contributed by atoms with Gasteiger partial charge in [-0.15, -0.1) is 5.10 Å². The fourth-order valence-corrected chi connectivity index (χ4v) is 3.86. The Bertz CT molecular complexity index is 1010. The minimum Gasteiger partial charge on any atom is -0.493 e. The van der Waals surface area contributed by atoms with Crippen LogP contribution in [0.15, 0.2) is 57.1 Å². The molecule has 0 saturated carbocycles. The summed E-state index contributed by atoms with van der Waals surface area (Å²) < 4.78 is 12.2. The zero-order valence-electron chi connectivity index (χ0n) is 15.9. The van der Waals surface area contributed by atoms with Crippen molar-refractivity contribution >= 4 is 51.0 Å². The molecule has 8 nitrogen and oxygen atoms in total. The highest BCUT2D eigenvalue weighted by molar-refractivity contribution is 9.10. The summed E-state index contributed by atoms with van der Waals surface area (Å²) in [6, 6.07) is 13.1. The van der Waals surface area contributed by atoms with Crippen LogP contribution in [-0.4, -0.2) is 40.7 Å². The van der Waals surface area contributed by atoms with Crippen LogP contribution in [-0.2, 0) is 16.2 Å². The van der Waals surface area contributed by atoms with Gasteiger partial charge in [-0.25, -0.2) is 0 Å². The first-order valence-electron chi connectivity index (χ1n) is 8.81. The molecule has 0 aliphatic carbocycles. The highest BCUT2D eigenvalue weighted by atomic mass is 79.9. The van der Waals surface area contributed by atoms with E-state index in [9.17, 15) is 9.59 Å². The van der Waals surface area contributed by atoms with E-state index in [1.807, 2.05) is 24.3 Å². The van der Waals surface area contributed by atoms with Gasteiger partial charge in [0.15, 0.2) is 16.7 Å². The van der Waals surface area contributed by atoms with E-state index in [2.05, 4.69) is 31.4 Å². The SMILES string of the molecule is COc1cc(C=NN=C2NC(=O)C(CC(=O)O)S2)ccc1OCc1ccccc1Br. The van der Waals surface area contributed by atoms with Crippen molar-refractivity contribution in [3.8, 4) is 11.5 Å². The molecule has 1 aliphatic heterocycles. The molecule has 1 unspecified atom stereocenters. The number of methoxy groups -OCH3 is 1. The molecule has 2 N–H and O–H groups in total. The van der Waals surface area contributed by atoms with Gasteiger partial charge in [-0.3, -0.25) is 9.59 Å². The number of benzene rings is 2. The number of aliphatic carboxylic acids is 1. The number of ether oxygens (including phenoxy) is 2. The quantitative estimate of drug-likeness (QED) is 0.432. The van der Waals surface area contributed by atoms with Crippen LogP contribution in [0.1, 0.15) is 17.5 Å². The molecular formula is C20H18BrN3O5S. The number of nitrogens with one attached hydrogen (secondary N) is 1. The van der Waals surface area contributed by atoms with Crippen molar-refractivity contribution in [1.29, 1.82) is 0 Å². The van der Waals surface area contributed by atoms with Gasteiger partial charge >= 0.3 is 5.97 Å². The molecule has 156 valence electrons. The lowest BCUT2D eigenvalue weighted by Crippen LogP contribution is -2.26. The summed E-state index contributed by atoms with van der Waals surface area (Å²) in [6.07, 6.45) is 1.24. The minimum absolute atomic E-state index is 0.266. The van der Waals surface area contributed by atoms with E-state index < -0.39 is 11.2 Å². The van der Waals surface area contributed by atoms with Crippen molar-refractivity contribution in [3.05, 3.63) is 58.1 Å². The molecule has 0 radical (unpaired) electrons. The number of carbonyl (C=O) groups excluding carboxylic acids is 1. The van der Waals surface area contributed by atoms with Gasteiger partial charge in [0.25, 0.3) is 0 Å². The molecule has 3 rings (SSSR count). The molecule has 0 aromatic heterocycles. The molecular weight excluding hydrogens is 474 g/mol. The fraction of sp³-hybridized carbons (Fsp3) is 0.200. The van der Waals surface area contributed by atoms with Gasteiger partial charge in [0.1, 0.15) is 11.9 Å².